The van der Waals surface area contributed by atoms with Crippen LogP contribution in [0.25, 0.3) is 22.0 Å². The number of aromatic nitrogens is 3. The van der Waals surface area contributed by atoms with Crippen LogP contribution in [0.15, 0.2) is 36.8 Å². The molecule has 1 aliphatic heterocycles. The predicted octanol–water partition coefficient (Wildman–Crippen LogP) is 3.49. The van der Waals surface area contributed by atoms with Gasteiger partial charge in [0.05, 0.1) is 18.9 Å². The van der Waals surface area contributed by atoms with E-state index in [0.29, 0.717) is 24.5 Å². The summed E-state index contributed by atoms with van der Waals surface area (Å²) in [6, 6.07) is 7.35. The molecule has 0 bridgehead atoms. The maximum absolute atomic E-state index is 12.4. The molecule has 0 spiro atoms. The molecule has 0 aliphatic carbocycles. The Labute approximate surface area is 210 Å². The summed E-state index contributed by atoms with van der Waals surface area (Å²) >= 11 is 0. The Hall–Kier alpha value is -3.67. The zero-order valence-corrected chi connectivity index (χ0v) is 21.7. The van der Waals surface area contributed by atoms with E-state index in [0.717, 1.165) is 29.1 Å². The summed E-state index contributed by atoms with van der Waals surface area (Å²) in [5, 5.41) is 4.23. The molecule has 1 amide bonds. The number of ether oxygens (including phenoxy) is 2. The minimum absolute atomic E-state index is 0.00694. The number of hydrogen-bond donors (Lipinski definition) is 2. The third-order valence-electron chi connectivity index (χ3n) is 5.49. The second-order valence-electron chi connectivity index (χ2n) is 9.67. The number of nitrogens with one attached hydrogen (secondary N) is 2. The molecule has 36 heavy (non-hydrogen) atoms. The van der Waals surface area contributed by atoms with Crippen molar-refractivity contribution in [3.05, 3.63) is 36.8 Å². The lowest BCUT2D eigenvalue weighted by atomic mass is 10.0. The van der Waals surface area contributed by atoms with Crippen molar-refractivity contribution < 1.29 is 22.7 Å². The predicted molar refractivity (Wildman–Crippen MR) is 138 cm³/mol. The first-order chi connectivity index (χ1) is 16.9. The molecular weight excluding hydrogens is 484 g/mol. The van der Waals surface area contributed by atoms with Crippen LogP contribution < -0.4 is 14.8 Å². The van der Waals surface area contributed by atoms with E-state index in [-0.39, 0.29) is 23.7 Å². The van der Waals surface area contributed by atoms with Crippen LogP contribution in [0.5, 0.6) is 5.88 Å². The van der Waals surface area contributed by atoms with E-state index in [1.165, 1.54) is 13.4 Å². The summed E-state index contributed by atoms with van der Waals surface area (Å²) in [7, 11) is -2.10. The van der Waals surface area contributed by atoms with Gasteiger partial charge in [-0.3, -0.25) is 4.72 Å². The largest absolute Gasteiger partial charge is 0.480 e. The standard InChI is InChI=1S/C24H30N6O5S/c1-24(2,3)35-23(31)30-9-8-17(13-30)28-21-18-10-15(6-7-19(18)26-14-27-21)16-11-20(29-36(5,32)33)22(34-4)25-12-16/h6-7,10-12,14,17,29H,8-9,13H2,1-5H3,(H,26,27,28)/t17-/m0/s1. The number of fused-ring (bicyclic) bond motifs is 1. The van der Waals surface area contributed by atoms with E-state index >= 15 is 0 Å². The lowest BCUT2D eigenvalue weighted by Gasteiger charge is -2.24. The number of pyridine rings is 1. The minimum atomic E-state index is -3.52. The second-order valence-corrected chi connectivity index (χ2v) is 11.4. The summed E-state index contributed by atoms with van der Waals surface area (Å²) in [5.41, 5.74) is 1.93. The molecule has 0 radical (unpaired) electrons. The highest BCUT2D eigenvalue weighted by Crippen LogP contribution is 2.32. The molecule has 2 aromatic heterocycles. The lowest BCUT2D eigenvalue weighted by molar-refractivity contribution is 0.0293. The number of sulfonamides is 1. The fourth-order valence-corrected chi connectivity index (χ4v) is 4.51. The van der Waals surface area contributed by atoms with Crippen molar-refractivity contribution in [1.29, 1.82) is 0 Å². The molecule has 12 heteroatoms. The Balaban J connectivity index is 1.59. The number of benzene rings is 1. The molecule has 1 saturated heterocycles. The zero-order chi connectivity index (χ0) is 26.1. The first kappa shape index (κ1) is 25.4. The van der Waals surface area contributed by atoms with Gasteiger partial charge in [0.25, 0.3) is 0 Å². The topological polar surface area (TPSA) is 136 Å². The second kappa shape index (κ2) is 9.76. The highest BCUT2D eigenvalue weighted by molar-refractivity contribution is 7.92. The molecule has 3 heterocycles. The number of hydrogen-bond acceptors (Lipinski definition) is 9. The van der Waals surface area contributed by atoms with Gasteiger partial charge in [0.1, 0.15) is 23.4 Å². The van der Waals surface area contributed by atoms with Crippen molar-refractivity contribution in [1.82, 2.24) is 19.9 Å². The lowest BCUT2D eigenvalue weighted by Crippen LogP contribution is -2.36. The van der Waals surface area contributed by atoms with Crippen molar-refractivity contribution in [2.75, 3.05) is 36.5 Å². The molecule has 11 nitrogen and oxygen atoms in total. The highest BCUT2D eigenvalue weighted by Gasteiger charge is 2.30. The number of nitrogens with zero attached hydrogens (tertiary/aromatic N) is 4. The summed E-state index contributed by atoms with van der Waals surface area (Å²) in [4.78, 5) is 27.2. The van der Waals surface area contributed by atoms with Crippen molar-refractivity contribution in [3.63, 3.8) is 0 Å². The summed E-state index contributed by atoms with van der Waals surface area (Å²) in [6.07, 6.45) is 4.60. The van der Waals surface area contributed by atoms with Gasteiger partial charge in [-0.25, -0.2) is 28.2 Å². The third kappa shape index (κ3) is 6.11. The SMILES string of the molecule is COc1ncc(-c2ccc3ncnc(N[C@H]4CCN(C(=O)OC(C)(C)C)C4)c3c2)cc1NS(C)(=O)=O. The molecule has 192 valence electrons. The van der Waals surface area contributed by atoms with E-state index in [1.807, 2.05) is 39.0 Å². The van der Waals surface area contributed by atoms with Gasteiger partial charge in [0.15, 0.2) is 0 Å². The van der Waals surface area contributed by atoms with Gasteiger partial charge < -0.3 is 19.7 Å². The Bertz CT molecular complexity index is 1390. The quantitative estimate of drug-likeness (QED) is 0.506. The average Bonchev–Trinajstić information content (AvgIpc) is 3.26. The van der Waals surface area contributed by atoms with Crippen molar-refractivity contribution >= 4 is 38.5 Å². The van der Waals surface area contributed by atoms with Crippen molar-refractivity contribution in [2.45, 2.75) is 38.8 Å². The van der Waals surface area contributed by atoms with E-state index in [1.54, 1.807) is 17.2 Å². The smallest absolute Gasteiger partial charge is 0.410 e. The number of carbonyl (C=O) groups is 1. The Morgan fingerprint density at radius 1 is 1.14 bits per heavy atom. The number of likely N-dealkylation sites (tertiary alicyclic amines) is 1. The van der Waals surface area contributed by atoms with Crippen molar-refractivity contribution in [3.8, 4) is 17.0 Å². The van der Waals surface area contributed by atoms with Gasteiger partial charge in [0.2, 0.25) is 15.9 Å². The van der Waals surface area contributed by atoms with E-state index in [4.69, 9.17) is 9.47 Å². The van der Waals surface area contributed by atoms with Crippen LogP contribution in [-0.2, 0) is 14.8 Å². The van der Waals surface area contributed by atoms with Crippen LogP contribution in [0.2, 0.25) is 0 Å². The number of rotatable bonds is 6. The molecule has 3 aromatic rings. The van der Waals surface area contributed by atoms with Gasteiger partial charge >= 0.3 is 6.09 Å². The molecule has 1 aromatic carbocycles. The number of amides is 1. The maximum Gasteiger partial charge on any atom is 0.410 e. The van der Waals surface area contributed by atoms with Gasteiger partial charge in [-0.2, -0.15) is 0 Å². The van der Waals surface area contributed by atoms with Crippen LogP contribution in [0.1, 0.15) is 27.2 Å². The fraction of sp³-hybridized carbons (Fsp3) is 0.417. The van der Waals surface area contributed by atoms with Crippen LogP contribution in [0.4, 0.5) is 16.3 Å². The Kier molecular flexibility index (Phi) is 6.90. The summed E-state index contributed by atoms with van der Waals surface area (Å²) in [5.74, 6) is 0.820. The number of anilines is 2. The fourth-order valence-electron chi connectivity index (χ4n) is 3.96. The molecular formula is C24H30N6O5S. The van der Waals surface area contributed by atoms with Crippen molar-refractivity contribution in [2.24, 2.45) is 0 Å². The van der Waals surface area contributed by atoms with Crippen LogP contribution in [-0.4, -0.2) is 72.5 Å². The Morgan fingerprint density at radius 3 is 2.61 bits per heavy atom. The van der Waals surface area contributed by atoms with E-state index in [9.17, 15) is 13.2 Å². The highest BCUT2D eigenvalue weighted by atomic mass is 32.2. The van der Waals surface area contributed by atoms with Gasteiger partial charge in [0, 0.05) is 36.3 Å². The molecule has 0 saturated carbocycles. The van der Waals surface area contributed by atoms with Gasteiger partial charge in [-0.15, -0.1) is 0 Å². The minimum Gasteiger partial charge on any atom is -0.480 e. The number of methoxy groups -OCH3 is 1. The number of carbonyl (C=O) groups excluding carboxylic acids is 1. The summed E-state index contributed by atoms with van der Waals surface area (Å²) < 4.78 is 36.7. The maximum atomic E-state index is 12.4. The molecule has 1 aliphatic rings. The van der Waals surface area contributed by atoms with Crippen LogP contribution in [0, 0.1) is 0 Å². The first-order valence-corrected chi connectivity index (χ1v) is 13.3. The monoisotopic (exact) mass is 514 g/mol. The van der Waals surface area contributed by atoms with Gasteiger partial charge in [-0.05, 0) is 51.0 Å². The Morgan fingerprint density at radius 2 is 1.92 bits per heavy atom. The molecule has 1 atom stereocenters. The van der Waals surface area contributed by atoms with E-state index < -0.39 is 15.6 Å². The zero-order valence-electron chi connectivity index (χ0n) is 20.9. The summed E-state index contributed by atoms with van der Waals surface area (Å²) in [6.45, 7) is 6.64. The normalized spacial score (nSPS) is 16.1. The van der Waals surface area contributed by atoms with Gasteiger partial charge in [-0.1, -0.05) is 6.07 Å². The molecule has 2 N–H and O–H groups in total. The third-order valence-corrected chi connectivity index (χ3v) is 6.08. The molecule has 1 fully saturated rings. The molecule has 0 unspecified atom stereocenters. The first-order valence-electron chi connectivity index (χ1n) is 11.4. The van der Waals surface area contributed by atoms with E-state index in [2.05, 4.69) is 25.0 Å². The molecule has 4 rings (SSSR count). The van der Waals surface area contributed by atoms with Crippen LogP contribution in [0.3, 0.4) is 0 Å². The van der Waals surface area contributed by atoms with Crippen LogP contribution >= 0.6 is 0 Å². The average molecular weight is 515 g/mol.